The van der Waals surface area contributed by atoms with Crippen LogP contribution in [0, 0.1) is 0 Å². The summed E-state index contributed by atoms with van der Waals surface area (Å²) in [7, 11) is 3.25. The Morgan fingerprint density at radius 2 is 2.24 bits per heavy atom. The molecule has 17 heavy (non-hydrogen) atoms. The molecule has 2 aromatic rings. The van der Waals surface area contributed by atoms with E-state index in [0.29, 0.717) is 18.3 Å². The standard InChI is InChI=1S/C12H15N3O2/c1-14-12(13)15-7-10-11(16-2)8-5-3-4-6-9(8)17-10/h3-6H,7H2,1-2H3,(H3,13,14,15). The first-order valence-corrected chi connectivity index (χ1v) is 5.26. The monoisotopic (exact) mass is 233 g/mol. The molecule has 3 N–H and O–H groups in total. The largest absolute Gasteiger partial charge is 0.492 e. The number of nitrogens with one attached hydrogen (secondary N) is 1. The summed E-state index contributed by atoms with van der Waals surface area (Å²) in [6, 6.07) is 7.72. The number of rotatable bonds is 3. The molecule has 1 aromatic heterocycles. The number of benzene rings is 1. The predicted octanol–water partition coefficient (Wildman–Crippen LogP) is 1.48. The van der Waals surface area contributed by atoms with E-state index in [0.717, 1.165) is 16.7 Å². The van der Waals surface area contributed by atoms with Gasteiger partial charge >= 0.3 is 0 Å². The average molecular weight is 233 g/mol. The molecule has 0 atom stereocenters. The second-order valence-corrected chi connectivity index (χ2v) is 3.52. The van der Waals surface area contributed by atoms with Crippen molar-refractivity contribution in [1.82, 2.24) is 5.32 Å². The van der Waals surface area contributed by atoms with Crippen LogP contribution in [-0.2, 0) is 6.54 Å². The van der Waals surface area contributed by atoms with Crippen LogP contribution in [0.3, 0.4) is 0 Å². The summed E-state index contributed by atoms with van der Waals surface area (Å²) in [5, 5.41) is 3.90. The minimum absolute atomic E-state index is 0.368. The van der Waals surface area contributed by atoms with Crippen molar-refractivity contribution in [1.29, 1.82) is 0 Å². The van der Waals surface area contributed by atoms with E-state index in [-0.39, 0.29) is 0 Å². The summed E-state index contributed by atoms with van der Waals surface area (Å²) in [5.74, 6) is 1.81. The first-order chi connectivity index (χ1) is 8.26. The molecule has 0 aliphatic carbocycles. The second kappa shape index (κ2) is 4.78. The molecule has 90 valence electrons. The fraction of sp³-hybridized carbons (Fsp3) is 0.250. The molecule has 0 spiro atoms. The van der Waals surface area contributed by atoms with Gasteiger partial charge in [0.2, 0.25) is 0 Å². The van der Waals surface area contributed by atoms with Gasteiger partial charge in [0.05, 0.1) is 19.0 Å². The first kappa shape index (κ1) is 11.3. The number of furan rings is 1. The molecule has 0 saturated carbocycles. The summed E-state index contributed by atoms with van der Waals surface area (Å²) < 4.78 is 11.0. The van der Waals surface area contributed by atoms with Gasteiger partial charge < -0.3 is 20.2 Å². The number of aliphatic imine (C=N–C) groups is 1. The van der Waals surface area contributed by atoms with Gasteiger partial charge in [-0.15, -0.1) is 0 Å². The Morgan fingerprint density at radius 3 is 2.94 bits per heavy atom. The molecule has 0 aliphatic rings. The van der Waals surface area contributed by atoms with Crippen molar-refractivity contribution < 1.29 is 9.15 Å². The molecular weight excluding hydrogens is 218 g/mol. The zero-order valence-electron chi connectivity index (χ0n) is 9.86. The number of para-hydroxylation sites is 1. The van der Waals surface area contributed by atoms with E-state index in [9.17, 15) is 0 Å². The Morgan fingerprint density at radius 1 is 1.47 bits per heavy atom. The Balaban J connectivity index is 2.33. The maximum absolute atomic E-state index is 5.69. The van der Waals surface area contributed by atoms with Crippen molar-refractivity contribution in [3.63, 3.8) is 0 Å². The fourth-order valence-electron chi connectivity index (χ4n) is 1.66. The zero-order valence-corrected chi connectivity index (χ0v) is 9.86. The highest BCUT2D eigenvalue weighted by Gasteiger charge is 2.13. The topological polar surface area (TPSA) is 72.8 Å². The van der Waals surface area contributed by atoms with Gasteiger partial charge in [-0.1, -0.05) is 12.1 Å². The summed E-state index contributed by atoms with van der Waals surface area (Å²) in [4.78, 5) is 3.81. The van der Waals surface area contributed by atoms with E-state index >= 15 is 0 Å². The normalized spacial score (nSPS) is 11.8. The van der Waals surface area contributed by atoms with Crippen LogP contribution in [0.4, 0.5) is 0 Å². The summed E-state index contributed by atoms with van der Waals surface area (Å²) >= 11 is 0. The number of methoxy groups -OCH3 is 1. The molecule has 0 unspecified atom stereocenters. The van der Waals surface area contributed by atoms with Crippen LogP contribution in [0.2, 0.25) is 0 Å². The first-order valence-electron chi connectivity index (χ1n) is 5.26. The molecule has 0 bridgehead atoms. The lowest BCUT2D eigenvalue weighted by atomic mass is 10.2. The highest BCUT2D eigenvalue weighted by Crippen LogP contribution is 2.32. The molecule has 5 heteroatoms. The van der Waals surface area contributed by atoms with E-state index in [1.807, 2.05) is 24.3 Å². The lowest BCUT2D eigenvalue weighted by molar-refractivity contribution is 0.394. The quantitative estimate of drug-likeness (QED) is 0.622. The van der Waals surface area contributed by atoms with Crippen LogP contribution in [0.25, 0.3) is 11.0 Å². The lowest BCUT2D eigenvalue weighted by Gasteiger charge is -2.04. The molecule has 0 saturated heterocycles. The van der Waals surface area contributed by atoms with E-state index in [1.165, 1.54) is 0 Å². The molecule has 0 fully saturated rings. The van der Waals surface area contributed by atoms with Gasteiger partial charge in [0.15, 0.2) is 17.5 Å². The number of nitrogens with zero attached hydrogens (tertiary/aromatic N) is 1. The molecular formula is C12H15N3O2. The molecule has 1 heterocycles. The van der Waals surface area contributed by atoms with Crippen molar-refractivity contribution in [2.24, 2.45) is 10.7 Å². The fourth-order valence-corrected chi connectivity index (χ4v) is 1.66. The molecule has 0 radical (unpaired) electrons. The van der Waals surface area contributed by atoms with Gasteiger partial charge in [-0.3, -0.25) is 4.99 Å². The van der Waals surface area contributed by atoms with Crippen molar-refractivity contribution in [3.05, 3.63) is 30.0 Å². The predicted molar refractivity (Wildman–Crippen MR) is 67.2 cm³/mol. The van der Waals surface area contributed by atoms with E-state index < -0.39 is 0 Å². The highest BCUT2D eigenvalue weighted by atomic mass is 16.5. The summed E-state index contributed by atoms with van der Waals surface area (Å²) in [5.41, 5.74) is 6.36. The summed E-state index contributed by atoms with van der Waals surface area (Å²) in [6.07, 6.45) is 0. The average Bonchev–Trinajstić information content (AvgIpc) is 2.73. The Hall–Kier alpha value is -2.17. The lowest BCUT2D eigenvalue weighted by Crippen LogP contribution is -2.30. The van der Waals surface area contributed by atoms with Gasteiger partial charge in [0.1, 0.15) is 5.58 Å². The van der Waals surface area contributed by atoms with Crippen molar-refractivity contribution in [2.75, 3.05) is 14.2 Å². The van der Waals surface area contributed by atoms with Crippen LogP contribution >= 0.6 is 0 Å². The van der Waals surface area contributed by atoms with E-state index in [4.69, 9.17) is 14.9 Å². The minimum atomic E-state index is 0.368. The number of fused-ring (bicyclic) bond motifs is 1. The Bertz CT molecular complexity index is 546. The Labute approximate surface area is 99.3 Å². The number of nitrogens with two attached hydrogens (primary N) is 1. The van der Waals surface area contributed by atoms with Gasteiger partial charge in [-0.2, -0.15) is 0 Å². The number of ether oxygens (including phenoxy) is 1. The minimum Gasteiger partial charge on any atom is -0.492 e. The maximum atomic E-state index is 5.69. The number of guanidine groups is 1. The third-order valence-corrected chi connectivity index (χ3v) is 2.49. The van der Waals surface area contributed by atoms with Gasteiger partial charge in [0.25, 0.3) is 0 Å². The number of hydrogen-bond acceptors (Lipinski definition) is 3. The van der Waals surface area contributed by atoms with Gasteiger partial charge in [-0.05, 0) is 12.1 Å². The van der Waals surface area contributed by atoms with Crippen LogP contribution < -0.4 is 15.8 Å². The molecule has 0 aliphatic heterocycles. The maximum Gasteiger partial charge on any atom is 0.188 e. The van der Waals surface area contributed by atoms with Crippen molar-refractivity contribution >= 4 is 16.9 Å². The van der Waals surface area contributed by atoms with Crippen LogP contribution in [-0.4, -0.2) is 20.1 Å². The third kappa shape index (κ3) is 2.18. The zero-order chi connectivity index (χ0) is 12.3. The van der Waals surface area contributed by atoms with Gasteiger partial charge in [-0.25, -0.2) is 0 Å². The van der Waals surface area contributed by atoms with Crippen molar-refractivity contribution in [3.8, 4) is 5.75 Å². The Kier molecular flexibility index (Phi) is 3.18. The molecule has 1 aromatic carbocycles. The molecule has 2 rings (SSSR count). The second-order valence-electron chi connectivity index (χ2n) is 3.52. The van der Waals surface area contributed by atoms with Crippen LogP contribution in [0.15, 0.2) is 33.7 Å². The van der Waals surface area contributed by atoms with E-state index in [1.54, 1.807) is 14.2 Å². The van der Waals surface area contributed by atoms with E-state index in [2.05, 4.69) is 10.3 Å². The van der Waals surface area contributed by atoms with Crippen LogP contribution in [0.5, 0.6) is 5.75 Å². The molecule has 5 nitrogen and oxygen atoms in total. The summed E-state index contributed by atoms with van der Waals surface area (Å²) in [6.45, 7) is 0.445. The molecule has 0 amide bonds. The smallest absolute Gasteiger partial charge is 0.188 e. The SMILES string of the molecule is CN=C(N)NCc1oc2ccccc2c1OC. The number of hydrogen-bond donors (Lipinski definition) is 2. The van der Waals surface area contributed by atoms with Crippen molar-refractivity contribution in [2.45, 2.75) is 6.54 Å². The highest BCUT2D eigenvalue weighted by molar-refractivity contribution is 5.85. The van der Waals surface area contributed by atoms with Gasteiger partial charge in [0, 0.05) is 7.05 Å². The van der Waals surface area contributed by atoms with Crippen LogP contribution in [0.1, 0.15) is 5.76 Å². The third-order valence-electron chi connectivity index (χ3n) is 2.49.